The Bertz CT molecular complexity index is 1300. The zero-order valence-electron chi connectivity index (χ0n) is 17.8. The van der Waals surface area contributed by atoms with Crippen LogP contribution in [0.3, 0.4) is 0 Å². The number of H-pyrrole nitrogens is 1. The molecule has 1 aliphatic heterocycles. The van der Waals surface area contributed by atoms with Gasteiger partial charge in [-0.2, -0.15) is 0 Å². The Balaban J connectivity index is 1.28. The number of fused-ring (bicyclic) bond motifs is 1. The number of pyridine rings is 3. The summed E-state index contributed by atoms with van der Waals surface area (Å²) in [6.07, 6.45) is 8.40. The number of aromatic nitrogens is 3. The van der Waals surface area contributed by atoms with E-state index >= 15 is 0 Å². The Morgan fingerprint density at radius 3 is 2.78 bits per heavy atom. The van der Waals surface area contributed by atoms with Crippen molar-refractivity contribution in [2.24, 2.45) is 0 Å². The molecule has 0 unspecified atom stereocenters. The third-order valence-corrected chi connectivity index (χ3v) is 6.15. The van der Waals surface area contributed by atoms with E-state index in [9.17, 15) is 14.0 Å². The molecule has 1 fully saturated rings. The molecule has 2 N–H and O–H groups in total. The van der Waals surface area contributed by atoms with Gasteiger partial charge in [-0.05, 0) is 60.1 Å². The van der Waals surface area contributed by atoms with Gasteiger partial charge in [-0.3, -0.25) is 19.5 Å². The van der Waals surface area contributed by atoms with Crippen LogP contribution in [-0.4, -0.2) is 45.9 Å². The SMILES string of the molecule is CNC(=O)c1ncc(C2=CCN(Cc3cnc4cc(C5CC5)c(=O)[nH]c4c3)CC2)cc1F. The van der Waals surface area contributed by atoms with Gasteiger partial charge in [0, 0.05) is 44.6 Å². The van der Waals surface area contributed by atoms with E-state index in [2.05, 4.69) is 31.2 Å². The molecule has 0 saturated heterocycles. The molecule has 0 bridgehead atoms. The van der Waals surface area contributed by atoms with Gasteiger partial charge in [0.2, 0.25) is 0 Å². The minimum absolute atomic E-state index is 0.00669. The second-order valence-corrected chi connectivity index (χ2v) is 8.45. The molecular formula is C24H24FN5O2. The number of halogens is 1. The Hall–Kier alpha value is -3.39. The minimum Gasteiger partial charge on any atom is -0.354 e. The number of hydrogen-bond donors (Lipinski definition) is 2. The van der Waals surface area contributed by atoms with Gasteiger partial charge in [-0.1, -0.05) is 6.08 Å². The van der Waals surface area contributed by atoms with Crippen LogP contribution in [-0.2, 0) is 6.54 Å². The predicted octanol–water partition coefficient (Wildman–Crippen LogP) is 2.98. The van der Waals surface area contributed by atoms with Crippen LogP contribution < -0.4 is 10.9 Å². The van der Waals surface area contributed by atoms with E-state index < -0.39 is 11.7 Å². The van der Waals surface area contributed by atoms with Crippen molar-refractivity contribution in [2.45, 2.75) is 31.7 Å². The summed E-state index contributed by atoms with van der Waals surface area (Å²) in [4.78, 5) is 37.8. The Kier molecular flexibility index (Phi) is 5.30. The van der Waals surface area contributed by atoms with Crippen LogP contribution in [0.2, 0.25) is 0 Å². The van der Waals surface area contributed by atoms with Gasteiger partial charge in [-0.25, -0.2) is 9.37 Å². The van der Waals surface area contributed by atoms with Gasteiger partial charge in [0.15, 0.2) is 11.5 Å². The normalized spacial score (nSPS) is 16.8. The fourth-order valence-corrected chi connectivity index (χ4v) is 4.20. The Morgan fingerprint density at radius 2 is 2.09 bits per heavy atom. The van der Waals surface area contributed by atoms with E-state index in [-0.39, 0.29) is 11.3 Å². The summed E-state index contributed by atoms with van der Waals surface area (Å²) in [5.74, 6) is -0.763. The highest BCUT2D eigenvalue weighted by molar-refractivity contribution is 5.92. The Labute approximate surface area is 184 Å². The van der Waals surface area contributed by atoms with Crippen molar-refractivity contribution >= 4 is 22.5 Å². The first-order valence-electron chi connectivity index (χ1n) is 10.8. The number of carbonyl (C=O) groups excluding carboxylic acids is 1. The maximum Gasteiger partial charge on any atom is 0.272 e. The molecular weight excluding hydrogens is 409 g/mol. The number of hydrogen-bond acceptors (Lipinski definition) is 5. The lowest BCUT2D eigenvalue weighted by Gasteiger charge is -2.26. The van der Waals surface area contributed by atoms with Crippen molar-refractivity contribution in [3.63, 3.8) is 0 Å². The average Bonchev–Trinajstić information content (AvgIpc) is 3.64. The summed E-state index contributed by atoms with van der Waals surface area (Å²) in [6.45, 7) is 2.23. The molecule has 0 atom stereocenters. The largest absolute Gasteiger partial charge is 0.354 e. The zero-order chi connectivity index (χ0) is 22.2. The van der Waals surface area contributed by atoms with Crippen LogP contribution in [0, 0.1) is 5.82 Å². The second kappa shape index (κ2) is 8.27. The van der Waals surface area contributed by atoms with Gasteiger partial charge in [0.1, 0.15) is 0 Å². The van der Waals surface area contributed by atoms with Crippen LogP contribution in [0.4, 0.5) is 4.39 Å². The number of aromatic amines is 1. The summed E-state index contributed by atoms with van der Waals surface area (Å²) in [5, 5.41) is 2.39. The lowest BCUT2D eigenvalue weighted by Crippen LogP contribution is -2.28. The average molecular weight is 433 g/mol. The molecule has 32 heavy (non-hydrogen) atoms. The fourth-order valence-electron chi connectivity index (χ4n) is 4.20. The van der Waals surface area contributed by atoms with Crippen molar-refractivity contribution in [1.82, 2.24) is 25.2 Å². The summed E-state index contributed by atoms with van der Waals surface area (Å²) in [7, 11) is 1.45. The molecule has 2 aliphatic rings. The molecule has 1 aliphatic carbocycles. The fraction of sp³-hybridized carbons (Fsp3) is 0.333. The standard InChI is InChI=1S/C24H24FN5O2/c1-26-24(32)22-19(25)9-17(12-28-22)15-4-6-30(7-5-15)13-14-8-21-20(27-11-14)10-18(16-2-3-16)23(31)29-21/h4,8-12,16H,2-3,5-7,13H2,1H3,(H,26,32)(H,29,31). The monoisotopic (exact) mass is 433 g/mol. The Morgan fingerprint density at radius 1 is 1.25 bits per heavy atom. The smallest absolute Gasteiger partial charge is 0.272 e. The molecule has 1 saturated carbocycles. The molecule has 5 rings (SSSR count). The minimum atomic E-state index is -0.619. The van der Waals surface area contributed by atoms with Crippen LogP contribution in [0.1, 0.15) is 52.4 Å². The first-order chi connectivity index (χ1) is 15.5. The number of nitrogens with zero attached hydrogens (tertiary/aromatic N) is 3. The van der Waals surface area contributed by atoms with Gasteiger partial charge < -0.3 is 10.3 Å². The third-order valence-electron chi connectivity index (χ3n) is 6.15. The highest BCUT2D eigenvalue weighted by atomic mass is 19.1. The number of nitrogens with one attached hydrogen (secondary N) is 2. The molecule has 1 amide bonds. The molecule has 0 radical (unpaired) electrons. The maximum atomic E-state index is 14.2. The zero-order valence-corrected chi connectivity index (χ0v) is 17.8. The molecule has 7 nitrogen and oxygen atoms in total. The second-order valence-electron chi connectivity index (χ2n) is 8.45. The molecule has 4 heterocycles. The van der Waals surface area contributed by atoms with Crippen LogP contribution in [0.25, 0.3) is 16.6 Å². The highest BCUT2D eigenvalue weighted by Crippen LogP contribution is 2.38. The molecule has 3 aromatic heterocycles. The number of amides is 1. The van der Waals surface area contributed by atoms with Gasteiger partial charge in [-0.15, -0.1) is 0 Å². The van der Waals surface area contributed by atoms with Crippen LogP contribution >= 0.6 is 0 Å². The topological polar surface area (TPSA) is 91.0 Å². The van der Waals surface area contributed by atoms with E-state index in [0.717, 1.165) is 53.5 Å². The maximum absolute atomic E-state index is 14.2. The number of carbonyl (C=O) groups is 1. The molecule has 0 aromatic carbocycles. The van der Waals surface area contributed by atoms with Crippen molar-refractivity contribution in [3.05, 3.63) is 75.2 Å². The third kappa shape index (κ3) is 4.05. The van der Waals surface area contributed by atoms with Crippen molar-refractivity contribution in [1.29, 1.82) is 0 Å². The van der Waals surface area contributed by atoms with E-state index in [1.807, 2.05) is 18.3 Å². The molecule has 164 valence electrons. The molecule has 0 spiro atoms. The van der Waals surface area contributed by atoms with E-state index in [4.69, 9.17) is 0 Å². The van der Waals surface area contributed by atoms with Gasteiger partial charge >= 0.3 is 0 Å². The molecule has 3 aromatic rings. The van der Waals surface area contributed by atoms with Crippen molar-refractivity contribution < 1.29 is 9.18 Å². The lowest BCUT2D eigenvalue weighted by molar-refractivity contribution is 0.0953. The van der Waals surface area contributed by atoms with E-state index in [1.54, 1.807) is 6.20 Å². The van der Waals surface area contributed by atoms with E-state index in [0.29, 0.717) is 24.6 Å². The predicted molar refractivity (Wildman–Crippen MR) is 120 cm³/mol. The summed E-state index contributed by atoms with van der Waals surface area (Å²) >= 11 is 0. The quantitative estimate of drug-likeness (QED) is 0.646. The van der Waals surface area contributed by atoms with Crippen molar-refractivity contribution in [3.8, 4) is 0 Å². The first-order valence-corrected chi connectivity index (χ1v) is 10.8. The summed E-state index contributed by atoms with van der Waals surface area (Å²) < 4.78 is 14.2. The van der Waals surface area contributed by atoms with Crippen LogP contribution in [0.15, 0.2) is 41.5 Å². The van der Waals surface area contributed by atoms with Gasteiger partial charge in [0.05, 0.1) is 11.0 Å². The summed E-state index contributed by atoms with van der Waals surface area (Å²) in [6, 6.07) is 5.29. The number of rotatable bonds is 5. The van der Waals surface area contributed by atoms with E-state index in [1.165, 1.54) is 13.1 Å². The highest BCUT2D eigenvalue weighted by Gasteiger charge is 2.26. The van der Waals surface area contributed by atoms with Crippen molar-refractivity contribution in [2.75, 3.05) is 20.1 Å². The summed E-state index contributed by atoms with van der Waals surface area (Å²) in [5.41, 5.74) is 4.99. The van der Waals surface area contributed by atoms with Gasteiger partial charge in [0.25, 0.3) is 11.5 Å². The first kappa shape index (κ1) is 20.5. The molecule has 8 heteroatoms. The van der Waals surface area contributed by atoms with Crippen LogP contribution in [0.5, 0.6) is 0 Å². The lowest BCUT2D eigenvalue weighted by atomic mass is 10.00.